The van der Waals surface area contributed by atoms with E-state index in [0.29, 0.717) is 17.7 Å². The molecule has 2 rings (SSSR count). The number of amides is 1. The molecule has 0 bridgehead atoms. The normalized spacial score (nSPS) is 37.6. The number of carbonyl (C=O) groups is 1. The number of piperidine rings is 1. The SMILES string of the molecule is CCC1CCCN(C(=O)C2CC(C)CCC2N)C1. The predicted octanol–water partition coefficient (Wildman–Crippen LogP) is 2.40. The Morgan fingerprint density at radius 3 is 2.83 bits per heavy atom. The molecule has 1 aliphatic heterocycles. The third-order valence-corrected chi connectivity index (χ3v) is 4.89. The van der Waals surface area contributed by atoms with E-state index in [1.165, 1.54) is 25.7 Å². The van der Waals surface area contributed by atoms with Gasteiger partial charge in [0.25, 0.3) is 0 Å². The summed E-state index contributed by atoms with van der Waals surface area (Å²) in [7, 11) is 0. The highest BCUT2D eigenvalue weighted by molar-refractivity contribution is 5.79. The Bertz CT molecular complexity index is 292. The standard InChI is InChI=1S/C15H28N2O/c1-3-12-5-4-8-17(10-12)15(18)13-9-11(2)6-7-14(13)16/h11-14H,3-10,16H2,1-2H3. The minimum atomic E-state index is 0.0874. The molecular formula is C15H28N2O. The Morgan fingerprint density at radius 1 is 1.33 bits per heavy atom. The van der Waals surface area contributed by atoms with Gasteiger partial charge in [-0.1, -0.05) is 20.3 Å². The lowest BCUT2D eigenvalue weighted by Gasteiger charge is -2.38. The summed E-state index contributed by atoms with van der Waals surface area (Å²) in [6.45, 7) is 6.39. The fourth-order valence-corrected chi connectivity index (χ4v) is 3.52. The molecule has 3 heteroatoms. The summed E-state index contributed by atoms with van der Waals surface area (Å²) >= 11 is 0. The summed E-state index contributed by atoms with van der Waals surface area (Å²) in [6.07, 6.45) is 6.84. The topological polar surface area (TPSA) is 46.3 Å². The highest BCUT2D eigenvalue weighted by Gasteiger charge is 2.35. The molecule has 1 saturated carbocycles. The van der Waals surface area contributed by atoms with Crippen LogP contribution in [-0.4, -0.2) is 29.9 Å². The van der Waals surface area contributed by atoms with E-state index in [1.807, 2.05) is 0 Å². The first-order valence-electron chi connectivity index (χ1n) is 7.66. The van der Waals surface area contributed by atoms with Gasteiger partial charge in [-0.3, -0.25) is 4.79 Å². The van der Waals surface area contributed by atoms with E-state index in [-0.39, 0.29) is 12.0 Å². The molecule has 2 N–H and O–H groups in total. The lowest BCUT2D eigenvalue weighted by molar-refractivity contribution is -0.139. The number of nitrogens with zero attached hydrogens (tertiary/aromatic N) is 1. The zero-order valence-electron chi connectivity index (χ0n) is 11.9. The van der Waals surface area contributed by atoms with Gasteiger partial charge >= 0.3 is 0 Å². The van der Waals surface area contributed by atoms with E-state index in [0.717, 1.165) is 25.9 Å². The molecule has 0 radical (unpaired) electrons. The second-order valence-electron chi connectivity index (χ2n) is 6.39. The van der Waals surface area contributed by atoms with Gasteiger partial charge < -0.3 is 10.6 Å². The van der Waals surface area contributed by atoms with E-state index >= 15 is 0 Å². The fraction of sp³-hybridized carbons (Fsp3) is 0.933. The van der Waals surface area contributed by atoms with Crippen LogP contribution in [0.25, 0.3) is 0 Å². The second-order valence-corrected chi connectivity index (χ2v) is 6.39. The van der Waals surface area contributed by atoms with Crippen LogP contribution < -0.4 is 5.73 Å². The average molecular weight is 252 g/mol. The van der Waals surface area contributed by atoms with E-state index in [9.17, 15) is 4.79 Å². The maximum Gasteiger partial charge on any atom is 0.227 e. The maximum absolute atomic E-state index is 12.6. The monoisotopic (exact) mass is 252 g/mol. The molecule has 3 nitrogen and oxygen atoms in total. The van der Waals surface area contributed by atoms with Gasteiger partial charge in [0.1, 0.15) is 0 Å². The van der Waals surface area contributed by atoms with Crippen molar-refractivity contribution in [2.45, 2.75) is 58.4 Å². The third-order valence-electron chi connectivity index (χ3n) is 4.89. The molecule has 0 aromatic heterocycles. The number of hydrogen-bond acceptors (Lipinski definition) is 2. The first-order valence-corrected chi connectivity index (χ1v) is 7.66. The molecule has 1 amide bonds. The van der Waals surface area contributed by atoms with Crippen molar-refractivity contribution < 1.29 is 4.79 Å². The van der Waals surface area contributed by atoms with Crippen molar-refractivity contribution in [1.29, 1.82) is 0 Å². The van der Waals surface area contributed by atoms with E-state index in [1.54, 1.807) is 0 Å². The van der Waals surface area contributed by atoms with Crippen molar-refractivity contribution in [2.75, 3.05) is 13.1 Å². The van der Waals surface area contributed by atoms with Gasteiger partial charge in [-0.15, -0.1) is 0 Å². The minimum Gasteiger partial charge on any atom is -0.342 e. The van der Waals surface area contributed by atoms with Crippen LogP contribution in [0.5, 0.6) is 0 Å². The van der Waals surface area contributed by atoms with Gasteiger partial charge in [-0.2, -0.15) is 0 Å². The van der Waals surface area contributed by atoms with Crippen LogP contribution in [0, 0.1) is 17.8 Å². The van der Waals surface area contributed by atoms with Crippen molar-refractivity contribution in [3.05, 3.63) is 0 Å². The van der Waals surface area contributed by atoms with Crippen molar-refractivity contribution in [3.8, 4) is 0 Å². The van der Waals surface area contributed by atoms with Crippen LogP contribution in [0.1, 0.15) is 52.4 Å². The van der Waals surface area contributed by atoms with E-state index in [2.05, 4.69) is 18.7 Å². The smallest absolute Gasteiger partial charge is 0.227 e. The molecule has 2 aliphatic rings. The fourth-order valence-electron chi connectivity index (χ4n) is 3.52. The van der Waals surface area contributed by atoms with Crippen LogP contribution in [-0.2, 0) is 4.79 Å². The molecule has 4 atom stereocenters. The number of hydrogen-bond donors (Lipinski definition) is 1. The van der Waals surface area contributed by atoms with Gasteiger partial charge in [0, 0.05) is 19.1 Å². The Balaban J connectivity index is 1.96. The maximum atomic E-state index is 12.6. The van der Waals surface area contributed by atoms with Crippen molar-refractivity contribution in [2.24, 2.45) is 23.5 Å². The molecule has 1 heterocycles. The van der Waals surface area contributed by atoms with Crippen LogP contribution in [0.2, 0.25) is 0 Å². The molecular weight excluding hydrogens is 224 g/mol. The number of rotatable bonds is 2. The lowest BCUT2D eigenvalue weighted by atomic mass is 9.78. The minimum absolute atomic E-state index is 0.0874. The highest BCUT2D eigenvalue weighted by Crippen LogP contribution is 2.30. The second kappa shape index (κ2) is 6.05. The Hall–Kier alpha value is -0.570. The van der Waals surface area contributed by atoms with Gasteiger partial charge in [-0.05, 0) is 43.9 Å². The van der Waals surface area contributed by atoms with Crippen molar-refractivity contribution in [3.63, 3.8) is 0 Å². The molecule has 0 aromatic carbocycles. The molecule has 1 saturated heterocycles. The number of carbonyl (C=O) groups excluding carboxylic acids is 1. The first kappa shape index (κ1) is 13.9. The van der Waals surface area contributed by atoms with Crippen LogP contribution >= 0.6 is 0 Å². The van der Waals surface area contributed by atoms with E-state index in [4.69, 9.17) is 5.73 Å². The quantitative estimate of drug-likeness (QED) is 0.820. The highest BCUT2D eigenvalue weighted by atomic mass is 16.2. The van der Waals surface area contributed by atoms with E-state index < -0.39 is 0 Å². The van der Waals surface area contributed by atoms with Crippen LogP contribution in [0.3, 0.4) is 0 Å². The lowest BCUT2D eigenvalue weighted by Crippen LogP contribution is -2.49. The molecule has 0 spiro atoms. The molecule has 104 valence electrons. The predicted molar refractivity (Wildman–Crippen MR) is 74.1 cm³/mol. The molecule has 18 heavy (non-hydrogen) atoms. The molecule has 4 unspecified atom stereocenters. The number of likely N-dealkylation sites (tertiary alicyclic amines) is 1. The summed E-state index contributed by atoms with van der Waals surface area (Å²) in [5, 5.41) is 0. The van der Waals surface area contributed by atoms with Crippen molar-refractivity contribution >= 4 is 5.91 Å². The summed E-state index contributed by atoms with van der Waals surface area (Å²) < 4.78 is 0. The zero-order chi connectivity index (χ0) is 13.1. The summed E-state index contributed by atoms with van der Waals surface area (Å²) in [6, 6.07) is 0.0932. The molecule has 1 aliphatic carbocycles. The van der Waals surface area contributed by atoms with Gasteiger partial charge in [-0.25, -0.2) is 0 Å². The zero-order valence-corrected chi connectivity index (χ0v) is 11.9. The molecule has 2 fully saturated rings. The summed E-state index contributed by atoms with van der Waals surface area (Å²) in [5.41, 5.74) is 6.17. The van der Waals surface area contributed by atoms with Crippen LogP contribution in [0.15, 0.2) is 0 Å². The van der Waals surface area contributed by atoms with Gasteiger partial charge in [0.2, 0.25) is 5.91 Å². The third kappa shape index (κ3) is 3.05. The van der Waals surface area contributed by atoms with Gasteiger partial charge in [0.15, 0.2) is 0 Å². The Morgan fingerprint density at radius 2 is 2.11 bits per heavy atom. The summed E-state index contributed by atoms with van der Waals surface area (Å²) in [4.78, 5) is 14.7. The summed E-state index contributed by atoms with van der Waals surface area (Å²) in [5.74, 6) is 1.79. The first-order chi connectivity index (χ1) is 8.61. The van der Waals surface area contributed by atoms with Crippen molar-refractivity contribution in [1.82, 2.24) is 4.90 Å². The average Bonchev–Trinajstić information content (AvgIpc) is 2.41. The number of nitrogens with two attached hydrogens (primary N) is 1. The molecule has 0 aromatic rings. The van der Waals surface area contributed by atoms with Gasteiger partial charge in [0.05, 0.1) is 5.92 Å². The Kier molecular flexibility index (Phi) is 4.66. The largest absolute Gasteiger partial charge is 0.342 e. The van der Waals surface area contributed by atoms with Crippen LogP contribution in [0.4, 0.5) is 0 Å². The Labute approximate surface area is 111 Å².